The molecule has 0 saturated carbocycles. The van der Waals surface area contributed by atoms with Gasteiger partial charge in [-0.25, -0.2) is 4.98 Å². The summed E-state index contributed by atoms with van der Waals surface area (Å²) in [6.45, 7) is 2.77. The van der Waals surface area contributed by atoms with Crippen LogP contribution in [0.3, 0.4) is 0 Å². The standard InChI is InChI=1S/C9H11N3/c1-2-7-3-4-8-9(12-7)5-10-6-11-8/h3-5,11H,2,6H2,1H3. The molecule has 1 aliphatic heterocycles. The van der Waals surface area contributed by atoms with Gasteiger partial charge in [-0.2, -0.15) is 0 Å². The van der Waals surface area contributed by atoms with Crippen LogP contribution in [0.5, 0.6) is 0 Å². The minimum absolute atomic E-state index is 0.667. The summed E-state index contributed by atoms with van der Waals surface area (Å²) < 4.78 is 0. The molecule has 0 amide bonds. The molecular weight excluding hydrogens is 150 g/mol. The van der Waals surface area contributed by atoms with E-state index in [2.05, 4.69) is 28.3 Å². The van der Waals surface area contributed by atoms with Crippen LogP contribution in [0.2, 0.25) is 0 Å². The fourth-order valence-corrected chi connectivity index (χ4v) is 1.22. The number of nitrogens with one attached hydrogen (secondary N) is 1. The Morgan fingerprint density at radius 2 is 2.42 bits per heavy atom. The molecular formula is C9H11N3. The molecule has 0 unspecified atom stereocenters. The van der Waals surface area contributed by atoms with Crippen molar-refractivity contribution in [3.63, 3.8) is 0 Å². The van der Waals surface area contributed by atoms with Crippen molar-refractivity contribution in [2.75, 3.05) is 12.0 Å². The fraction of sp³-hybridized carbons (Fsp3) is 0.333. The average Bonchev–Trinajstić information content (AvgIpc) is 2.17. The van der Waals surface area contributed by atoms with E-state index in [-0.39, 0.29) is 0 Å². The molecule has 0 spiro atoms. The van der Waals surface area contributed by atoms with Crippen molar-refractivity contribution in [3.05, 3.63) is 23.5 Å². The summed E-state index contributed by atoms with van der Waals surface area (Å²) in [5.41, 5.74) is 3.16. The van der Waals surface area contributed by atoms with Crippen LogP contribution in [0, 0.1) is 0 Å². The van der Waals surface area contributed by atoms with Crippen molar-refractivity contribution in [1.29, 1.82) is 0 Å². The van der Waals surface area contributed by atoms with E-state index < -0.39 is 0 Å². The molecule has 0 fully saturated rings. The minimum atomic E-state index is 0.667. The van der Waals surface area contributed by atoms with Crippen molar-refractivity contribution >= 4 is 11.9 Å². The van der Waals surface area contributed by atoms with E-state index in [1.807, 2.05) is 12.3 Å². The molecule has 2 heterocycles. The fourth-order valence-electron chi connectivity index (χ4n) is 1.22. The summed E-state index contributed by atoms with van der Waals surface area (Å²) in [5, 5.41) is 3.15. The van der Waals surface area contributed by atoms with Gasteiger partial charge >= 0.3 is 0 Å². The van der Waals surface area contributed by atoms with E-state index in [1.165, 1.54) is 0 Å². The molecule has 12 heavy (non-hydrogen) atoms. The molecule has 0 radical (unpaired) electrons. The Bertz CT molecular complexity index is 318. The van der Waals surface area contributed by atoms with E-state index in [4.69, 9.17) is 0 Å². The van der Waals surface area contributed by atoms with Gasteiger partial charge in [-0.3, -0.25) is 4.99 Å². The number of aromatic nitrogens is 1. The SMILES string of the molecule is CCc1ccc2c(n1)C=NCN2. The number of fused-ring (bicyclic) bond motifs is 1. The first kappa shape index (κ1) is 7.28. The number of anilines is 1. The summed E-state index contributed by atoms with van der Waals surface area (Å²) in [6, 6.07) is 4.11. The van der Waals surface area contributed by atoms with E-state index >= 15 is 0 Å². The average molecular weight is 161 g/mol. The second-order valence-corrected chi connectivity index (χ2v) is 2.74. The van der Waals surface area contributed by atoms with Crippen molar-refractivity contribution in [3.8, 4) is 0 Å². The summed E-state index contributed by atoms with van der Waals surface area (Å²) in [6.07, 6.45) is 2.80. The van der Waals surface area contributed by atoms with Crippen LogP contribution in [0.25, 0.3) is 0 Å². The van der Waals surface area contributed by atoms with Gasteiger partial charge in [0.25, 0.3) is 0 Å². The first-order chi connectivity index (χ1) is 5.90. The Hall–Kier alpha value is -1.38. The monoisotopic (exact) mass is 161 g/mol. The predicted molar refractivity (Wildman–Crippen MR) is 49.7 cm³/mol. The van der Waals surface area contributed by atoms with E-state index in [0.717, 1.165) is 23.5 Å². The molecule has 0 bridgehead atoms. The maximum Gasteiger partial charge on any atom is 0.107 e. The second-order valence-electron chi connectivity index (χ2n) is 2.74. The lowest BCUT2D eigenvalue weighted by atomic mass is 10.2. The zero-order valence-corrected chi connectivity index (χ0v) is 7.04. The van der Waals surface area contributed by atoms with Gasteiger partial charge in [0.2, 0.25) is 0 Å². The molecule has 0 atom stereocenters. The number of nitrogens with zero attached hydrogens (tertiary/aromatic N) is 2. The Balaban J connectivity index is 2.44. The van der Waals surface area contributed by atoms with Gasteiger partial charge in [-0.05, 0) is 18.6 Å². The summed E-state index contributed by atoms with van der Waals surface area (Å²) in [7, 11) is 0. The number of pyridine rings is 1. The number of rotatable bonds is 1. The highest BCUT2D eigenvalue weighted by atomic mass is 15.0. The summed E-state index contributed by atoms with van der Waals surface area (Å²) >= 11 is 0. The lowest BCUT2D eigenvalue weighted by Crippen LogP contribution is -2.10. The van der Waals surface area contributed by atoms with Crippen LogP contribution in [0.4, 0.5) is 5.69 Å². The van der Waals surface area contributed by atoms with Crippen molar-refractivity contribution in [2.45, 2.75) is 13.3 Å². The van der Waals surface area contributed by atoms with Crippen LogP contribution >= 0.6 is 0 Å². The minimum Gasteiger partial charge on any atom is -0.364 e. The van der Waals surface area contributed by atoms with Crippen molar-refractivity contribution in [1.82, 2.24) is 4.98 Å². The molecule has 1 aromatic heterocycles. The molecule has 0 aromatic carbocycles. The van der Waals surface area contributed by atoms with Crippen LogP contribution < -0.4 is 5.32 Å². The van der Waals surface area contributed by atoms with Gasteiger partial charge in [-0.15, -0.1) is 0 Å². The third-order valence-electron chi connectivity index (χ3n) is 1.92. The number of hydrogen-bond donors (Lipinski definition) is 1. The molecule has 1 N–H and O–H groups in total. The molecule has 1 aliphatic rings. The smallest absolute Gasteiger partial charge is 0.107 e. The highest BCUT2D eigenvalue weighted by molar-refractivity contribution is 5.86. The van der Waals surface area contributed by atoms with Crippen LogP contribution in [0.15, 0.2) is 17.1 Å². The molecule has 0 aliphatic carbocycles. The van der Waals surface area contributed by atoms with Crippen LogP contribution in [-0.2, 0) is 6.42 Å². The van der Waals surface area contributed by atoms with Gasteiger partial charge in [-0.1, -0.05) is 6.92 Å². The molecule has 2 rings (SSSR count). The quantitative estimate of drug-likeness (QED) is 0.676. The first-order valence-electron chi connectivity index (χ1n) is 4.14. The highest BCUT2D eigenvalue weighted by Gasteiger charge is 2.04. The number of aryl methyl sites for hydroxylation is 1. The Morgan fingerprint density at radius 1 is 1.50 bits per heavy atom. The maximum absolute atomic E-state index is 4.42. The van der Waals surface area contributed by atoms with E-state index in [0.29, 0.717) is 6.67 Å². The highest BCUT2D eigenvalue weighted by Crippen LogP contribution is 2.14. The van der Waals surface area contributed by atoms with Crippen molar-refractivity contribution < 1.29 is 0 Å². The van der Waals surface area contributed by atoms with Crippen LogP contribution in [0.1, 0.15) is 18.3 Å². The van der Waals surface area contributed by atoms with Gasteiger partial charge < -0.3 is 5.32 Å². The Morgan fingerprint density at radius 3 is 3.25 bits per heavy atom. The van der Waals surface area contributed by atoms with Gasteiger partial charge in [0.05, 0.1) is 11.9 Å². The zero-order chi connectivity index (χ0) is 8.39. The van der Waals surface area contributed by atoms with Crippen LogP contribution in [-0.4, -0.2) is 17.9 Å². The normalized spacial score (nSPS) is 13.8. The first-order valence-corrected chi connectivity index (χ1v) is 4.14. The lowest BCUT2D eigenvalue weighted by molar-refractivity contribution is 1.01. The maximum atomic E-state index is 4.42. The third kappa shape index (κ3) is 1.18. The topological polar surface area (TPSA) is 37.3 Å². The summed E-state index contributed by atoms with van der Waals surface area (Å²) in [5.74, 6) is 0. The van der Waals surface area contributed by atoms with Crippen molar-refractivity contribution in [2.24, 2.45) is 4.99 Å². The summed E-state index contributed by atoms with van der Waals surface area (Å²) in [4.78, 5) is 8.52. The lowest BCUT2D eigenvalue weighted by Gasteiger charge is -2.11. The van der Waals surface area contributed by atoms with E-state index in [1.54, 1.807) is 0 Å². The Kier molecular flexibility index (Phi) is 1.78. The predicted octanol–water partition coefficient (Wildman–Crippen LogP) is 1.45. The molecule has 3 heteroatoms. The van der Waals surface area contributed by atoms with Gasteiger partial charge in [0.15, 0.2) is 0 Å². The molecule has 3 nitrogen and oxygen atoms in total. The zero-order valence-electron chi connectivity index (χ0n) is 7.04. The third-order valence-corrected chi connectivity index (χ3v) is 1.92. The van der Waals surface area contributed by atoms with Gasteiger partial charge in [0.1, 0.15) is 12.4 Å². The van der Waals surface area contributed by atoms with E-state index in [9.17, 15) is 0 Å². The molecule has 0 saturated heterocycles. The molecule has 1 aromatic rings. The largest absolute Gasteiger partial charge is 0.364 e. The Labute approximate surface area is 71.6 Å². The van der Waals surface area contributed by atoms with Gasteiger partial charge in [0, 0.05) is 5.69 Å². The molecule has 62 valence electrons. The second kappa shape index (κ2) is 2.93. The number of aliphatic imine (C=N–C) groups is 1. The number of hydrogen-bond acceptors (Lipinski definition) is 3.